The maximum absolute atomic E-state index is 11.5. The Hall–Kier alpha value is -2.22. The lowest BCUT2D eigenvalue weighted by molar-refractivity contribution is 0.0588. The van der Waals surface area contributed by atoms with E-state index in [1.165, 1.54) is 25.1 Å². The molecule has 0 aliphatic rings. The number of hydrogen-bond donors (Lipinski definition) is 0. The van der Waals surface area contributed by atoms with Gasteiger partial charge in [-0.15, -0.1) is 5.10 Å². The molecule has 2 aromatic heterocycles. The van der Waals surface area contributed by atoms with Gasteiger partial charge >= 0.3 is 5.97 Å². The van der Waals surface area contributed by atoms with Crippen LogP contribution in [0.15, 0.2) is 16.8 Å². The fraction of sp³-hybridized carbons (Fsp3) is 0.400. The van der Waals surface area contributed by atoms with Crippen LogP contribution in [0.1, 0.15) is 21.9 Å². The highest BCUT2D eigenvalue weighted by molar-refractivity contribution is 5.88. The first kappa shape index (κ1) is 12.2. The van der Waals surface area contributed by atoms with Crippen LogP contribution in [0, 0.1) is 0 Å². The molecule has 8 nitrogen and oxygen atoms in total. The molecular weight excluding hydrogens is 240 g/mol. The molecule has 18 heavy (non-hydrogen) atoms. The summed E-state index contributed by atoms with van der Waals surface area (Å²) in [6.07, 6.45) is 1.53. The van der Waals surface area contributed by atoms with Crippen molar-refractivity contribution in [3.63, 3.8) is 0 Å². The van der Waals surface area contributed by atoms with Gasteiger partial charge in [0.25, 0.3) is 0 Å². The number of ether oxygens (including phenoxy) is 2. The molecule has 2 rings (SSSR count). The summed E-state index contributed by atoms with van der Waals surface area (Å²) in [4.78, 5) is 11.5. The monoisotopic (exact) mass is 252 g/mol. The van der Waals surface area contributed by atoms with E-state index in [0.29, 0.717) is 18.0 Å². The highest BCUT2D eigenvalue weighted by Crippen LogP contribution is 2.11. The van der Waals surface area contributed by atoms with Gasteiger partial charge in [-0.3, -0.25) is 0 Å². The number of carbonyl (C=O) groups excluding carboxylic acids is 1. The van der Waals surface area contributed by atoms with Gasteiger partial charge in [-0.25, -0.2) is 9.48 Å². The molecule has 8 heteroatoms. The van der Waals surface area contributed by atoms with Gasteiger partial charge in [0.15, 0.2) is 11.5 Å². The summed E-state index contributed by atoms with van der Waals surface area (Å²) in [6, 6.07) is 1.70. The summed E-state index contributed by atoms with van der Waals surface area (Å²) >= 11 is 0. The first-order valence-electron chi connectivity index (χ1n) is 5.15. The molecule has 0 aliphatic carbocycles. The quantitative estimate of drug-likeness (QED) is 0.704. The zero-order valence-corrected chi connectivity index (χ0v) is 9.99. The second-order valence-electron chi connectivity index (χ2n) is 3.45. The maximum Gasteiger partial charge on any atom is 0.360 e. The molecule has 0 spiro atoms. The van der Waals surface area contributed by atoms with Crippen molar-refractivity contribution in [2.24, 2.45) is 0 Å². The Morgan fingerprint density at radius 3 is 2.94 bits per heavy atom. The average molecular weight is 252 g/mol. The van der Waals surface area contributed by atoms with Gasteiger partial charge in [0.1, 0.15) is 6.54 Å². The van der Waals surface area contributed by atoms with E-state index in [2.05, 4.69) is 20.2 Å². The average Bonchev–Trinajstić information content (AvgIpc) is 3.01. The molecule has 0 saturated heterocycles. The molecule has 0 aromatic carbocycles. The molecular formula is C10H12N4O4. The first-order valence-corrected chi connectivity index (χ1v) is 5.15. The van der Waals surface area contributed by atoms with Crippen LogP contribution in [-0.4, -0.2) is 40.3 Å². The molecule has 0 N–H and O–H groups in total. The van der Waals surface area contributed by atoms with E-state index in [1.54, 1.807) is 6.07 Å². The molecule has 0 atom stereocenters. The molecule has 96 valence electrons. The van der Waals surface area contributed by atoms with Gasteiger partial charge in [-0.1, -0.05) is 10.4 Å². The van der Waals surface area contributed by atoms with E-state index >= 15 is 0 Å². The SMILES string of the molecule is COCc1c(C(=O)OC)nnn1Cc1ccno1. The summed E-state index contributed by atoms with van der Waals surface area (Å²) in [6.45, 7) is 0.522. The Balaban J connectivity index is 2.29. The fourth-order valence-electron chi connectivity index (χ4n) is 1.47. The highest BCUT2D eigenvalue weighted by atomic mass is 16.5. The highest BCUT2D eigenvalue weighted by Gasteiger charge is 2.20. The lowest BCUT2D eigenvalue weighted by Gasteiger charge is -2.04. The minimum Gasteiger partial charge on any atom is -0.464 e. The van der Waals surface area contributed by atoms with Gasteiger partial charge in [-0.2, -0.15) is 0 Å². The minimum absolute atomic E-state index is 0.138. The van der Waals surface area contributed by atoms with Crippen LogP contribution in [0.25, 0.3) is 0 Å². The summed E-state index contributed by atoms with van der Waals surface area (Å²) < 4.78 is 16.1. The van der Waals surface area contributed by atoms with Crippen LogP contribution in [-0.2, 0) is 22.6 Å². The van der Waals surface area contributed by atoms with Crippen LogP contribution < -0.4 is 0 Å². The number of esters is 1. The van der Waals surface area contributed by atoms with Crippen LogP contribution in [0.4, 0.5) is 0 Å². The summed E-state index contributed by atoms with van der Waals surface area (Å²) in [7, 11) is 2.81. The molecule has 2 aromatic rings. The standard InChI is InChI=1S/C10H12N4O4/c1-16-6-8-9(10(15)17-2)12-13-14(8)5-7-3-4-11-18-7/h3-4H,5-6H2,1-2H3. The predicted molar refractivity (Wildman–Crippen MR) is 57.7 cm³/mol. The Bertz CT molecular complexity index is 520. The van der Waals surface area contributed by atoms with E-state index in [0.717, 1.165) is 0 Å². The van der Waals surface area contributed by atoms with E-state index in [4.69, 9.17) is 9.26 Å². The van der Waals surface area contributed by atoms with Crippen molar-refractivity contribution in [1.82, 2.24) is 20.2 Å². The number of nitrogens with zero attached hydrogens (tertiary/aromatic N) is 4. The molecule has 0 radical (unpaired) electrons. The molecule has 0 unspecified atom stereocenters. The topological polar surface area (TPSA) is 92.3 Å². The van der Waals surface area contributed by atoms with E-state index in [9.17, 15) is 4.79 Å². The van der Waals surface area contributed by atoms with E-state index in [1.807, 2.05) is 0 Å². The Morgan fingerprint density at radius 1 is 1.50 bits per heavy atom. The third-order valence-electron chi connectivity index (χ3n) is 2.29. The summed E-state index contributed by atoms with van der Waals surface area (Å²) in [5, 5.41) is 11.3. The van der Waals surface area contributed by atoms with Crippen LogP contribution in [0.5, 0.6) is 0 Å². The zero-order valence-electron chi connectivity index (χ0n) is 9.99. The molecule has 2 heterocycles. The predicted octanol–water partition coefficient (Wildman–Crippen LogP) is 0.247. The number of aromatic nitrogens is 4. The smallest absolute Gasteiger partial charge is 0.360 e. The third-order valence-corrected chi connectivity index (χ3v) is 2.29. The van der Waals surface area contributed by atoms with Crippen LogP contribution >= 0.6 is 0 Å². The fourth-order valence-corrected chi connectivity index (χ4v) is 1.47. The van der Waals surface area contributed by atoms with Gasteiger partial charge < -0.3 is 14.0 Å². The van der Waals surface area contributed by atoms with Crippen molar-refractivity contribution in [1.29, 1.82) is 0 Å². The zero-order chi connectivity index (χ0) is 13.0. The molecule has 0 amide bonds. The lowest BCUT2D eigenvalue weighted by atomic mass is 10.3. The van der Waals surface area contributed by atoms with Crippen molar-refractivity contribution in [3.05, 3.63) is 29.4 Å². The van der Waals surface area contributed by atoms with Gasteiger partial charge in [0, 0.05) is 13.2 Å². The van der Waals surface area contributed by atoms with Crippen molar-refractivity contribution in [2.45, 2.75) is 13.2 Å². The molecule has 0 aliphatic heterocycles. The van der Waals surface area contributed by atoms with E-state index < -0.39 is 5.97 Å². The number of carbonyl (C=O) groups is 1. The van der Waals surface area contributed by atoms with Crippen LogP contribution in [0.2, 0.25) is 0 Å². The van der Waals surface area contributed by atoms with Crippen molar-refractivity contribution in [2.75, 3.05) is 14.2 Å². The Morgan fingerprint density at radius 2 is 2.33 bits per heavy atom. The van der Waals surface area contributed by atoms with Crippen LogP contribution in [0.3, 0.4) is 0 Å². The Kier molecular flexibility index (Phi) is 3.68. The minimum atomic E-state index is -0.550. The van der Waals surface area contributed by atoms with Crippen molar-refractivity contribution < 1.29 is 18.8 Å². The Labute approximate surface area is 102 Å². The second kappa shape index (κ2) is 5.41. The van der Waals surface area contributed by atoms with Gasteiger partial charge in [-0.05, 0) is 0 Å². The lowest BCUT2D eigenvalue weighted by Crippen LogP contribution is -2.11. The summed E-state index contributed by atoms with van der Waals surface area (Å²) in [5.74, 6) is 0.0551. The largest absolute Gasteiger partial charge is 0.464 e. The number of hydrogen-bond acceptors (Lipinski definition) is 7. The maximum atomic E-state index is 11.5. The molecule has 0 fully saturated rings. The normalized spacial score (nSPS) is 10.6. The molecule has 0 saturated carbocycles. The van der Waals surface area contributed by atoms with Crippen molar-refractivity contribution >= 4 is 5.97 Å². The van der Waals surface area contributed by atoms with Gasteiger partial charge in [0.05, 0.1) is 25.6 Å². The second-order valence-corrected chi connectivity index (χ2v) is 3.45. The van der Waals surface area contributed by atoms with Gasteiger partial charge in [0.2, 0.25) is 0 Å². The number of rotatable bonds is 5. The summed E-state index contributed by atoms with van der Waals surface area (Å²) in [5.41, 5.74) is 0.666. The number of methoxy groups -OCH3 is 2. The first-order chi connectivity index (χ1) is 8.76. The van der Waals surface area contributed by atoms with Crippen molar-refractivity contribution in [3.8, 4) is 0 Å². The van der Waals surface area contributed by atoms with E-state index in [-0.39, 0.29) is 12.3 Å². The third kappa shape index (κ3) is 2.38. The molecule has 0 bridgehead atoms.